The fourth-order valence-electron chi connectivity index (χ4n) is 3.81. The molecule has 1 N–H and O–H groups in total. The quantitative estimate of drug-likeness (QED) is 0.475. The minimum absolute atomic E-state index is 0.105. The Labute approximate surface area is 203 Å². The fourth-order valence-corrected chi connectivity index (χ4v) is 3.81. The van der Waals surface area contributed by atoms with Crippen LogP contribution < -0.4 is 24.5 Å². The van der Waals surface area contributed by atoms with Gasteiger partial charge in [0.2, 0.25) is 17.6 Å². The Morgan fingerprint density at radius 1 is 1.03 bits per heavy atom. The van der Waals surface area contributed by atoms with Crippen molar-refractivity contribution >= 4 is 29.3 Å². The Bertz CT molecular complexity index is 1140. The second kappa shape index (κ2) is 10.5. The van der Waals surface area contributed by atoms with Crippen molar-refractivity contribution in [2.45, 2.75) is 33.2 Å². The van der Waals surface area contributed by atoms with E-state index < -0.39 is 35.6 Å². The van der Waals surface area contributed by atoms with Crippen LogP contribution >= 0.6 is 0 Å². The first-order valence-electron chi connectivity index (χ1n) is 11.0. The van der Waals surface area contributed by atoms with Gasteiger partial charge in [0.1, 0.15) is 6.04 Å². The SMILES string of the molecule is COc1cc(C(=O)NN(C(=O)C(C)C)C2CC(=O)N(c3cccc(C)c3)C2=O)cc(OC)c1OC. The molecule has 10 heteroatoms. The van der Waals surface area contributed by atoms with E-state index in [4.69, 9.17) is 14.2 Å². The van der Waals surface area contributed by atoms with Gasteiger partial charge in [0.05, 0.1) is 33.4 Å². The van der Waals surface area contributed by atoms with Crippen molar-refractivity contribution in [2.24, 2.45) is 5.92 Å². The first-order chi connectivity index (χ1) is 16.6. The lowest BCUT2D eigenvalue weighted by atomic mass is 10.1. The van der Waals surface area contributed by atoms with Crippen molar-refractivity contribution in [3.63, 3.8) is 0 Å². The van der Waals surface area contributed by atoms with E-state index in [9.17, 15) is 19.2 Å². The zero-order valence-corrected chi connectivity index (χ0v) is 20.6. The van der Waals surface area contributed by atoms with E-state index in [0.717, 1.165) is 15.5 Å². The third kappa shape index (κ3) is 5.06. The first kappa shape index (κ1) is 25.5. The molecule has 1 aliphatic heterocycles. The van der Waals surface area contributed by atoms with Gasteiger partial charge in [-0.3, -0.25) is 24.6 Å². The number of hydrazine groups is 1. The Morgan fingerprint density at radius 3 is 2.17 bits per heavy atom. The van der Waals surface area contributed by atoms with E-state index in [-0.39, 0.29) is 23.5 Å². The summed E-state index contributed by atoms with van der Waals surface area (Å²) in [5.41, 5.74) is 3.91. The maximum atomic E-state index is 13.3. The summed E-state index contributed by atoms with van der Waals surface area (Å²) in [5.74, 6) is -2.02. The molecule has 1 heterocycles. The number of ether oxygens (including phenoxy) is 3. The topological polar surface area (TPSA) is 114 Å². The second-order valence-corrected chi connectivity index (χ2v) is 8.34. The normalized spacial score (nSPS) is 15.3. The van der Waals surface area contributed by atoms with Crippen LogP contribution in [0.3, 0.4) is 0 Å². The van der Waals surface area contributed by atoms with Gasteiger partial charge in [-0.2, -0.15) is 0 Å². The van der Waals surface area contributed by atoms with Crippen LogP contribution in [0.15, 0.2) is 36.4 Å². The summed E-state index contributed by atoms with van der Waals surface area (Å²) in [7, 11) is 4.26. The Kier molecular flexibility index (Phi) is 7.63. The van der Waals surface area contributed by atoms with E-state index in [1.54, 1.807) is 32.0 Å². The van der Waals surface area contributed by atoms with E-state index >= 15 is 0 Å². The highest BCUT2D eigenvalue weighted by Gasteiger charge is 2.45. The van der Waals surface area contributed by atoms with Crippen molar-refractivity contribution in [1.82, 2.24) is 10.4 Å². The van der Waals surface area contributed by atoms with E-state index in [2.05, 4.69) is 5.43 Å². The molecular weight excluding hydrogens is 454 g/mol. The van der Waals surface area contributed by atoms with Crippen molar-refractivity contribution in [1.29, 1.82) is 0 Å². The highest BCUT2D eigenvalue weighted by molar-refractivity contribution is 6.23. The highest BCUT2D eigenvalue weighted by Crippen LogP contribution is 2.38. The third-order valence-electron chi connectivity index (χ3n) is 5.57. The maximum absolute atomic E-state index is 13.3. The van der Waals surface area contributed by atoms with Crippen molar-refractivity contribution in [3.05, 3.63) is 47.5 Å². The number of benzene rings is 2. The lowest BCUT2D eigenvalue weighted by Crippen LogP contribution is -2.55. The molecular formula is C25H29N3O7. The van der Waals surface area contributed by atoms with E-state index in [0.29, 0.717) is 11.4 Å². The number of methoxy groups -OCH3 is 3. The van der Waals surface area contributed by atoms with Crippen molar-refractivity contribution < 1.29 is 33.4 Å². The largest absolute Gasteiger partial charge is 0.493 e. The molecule has 186 valence electrons. The van der Waals surface area contributed by atoms with Gasteiger partial charge in [-0.05, 0) is 36.8 Å². The van der Waals surface area contributed by atoms with Gasteiger partial charge in [0, 0.05) is 11.5 Å². The number of nitrogens with one attached hydrogen (secondary N) is 1. The Balaban J connectivity index is 1.95. The average molecular weight is 484 g/mol. The zero-order chi connectivity index (χ0) is 25.9. The lowest BCUT2D eigenvalue weighted by molar-refractivity contribution is -0.143. The monoisotopic (exact) mass is 483 g/mol. The number of nitrogens with zero attached hydrogens (tertiary/aromatic N) is 2. The molecule has 1 aliphatic rings. The minimum Gasteiger partial charge on any atom is -0.493 e. The van der Waals surface area contributed by atoms with Crippen LogP contribution in [0, 0.1) is 12.8 Å². The Hall–Kier alpha value is -4.08. The third-order valence-corrected chi connectivity index (χ3v) is 5.57. The van der Waals surface area contributed by atoms with Gasteiger partial charge in [-0.15, -0.1) is 0 Å². The number of carbonyl (C=O) groups excluding carboxylic acids is 4. The van der Waals surface area contributed by atoms with Crippen LogP contribution in [0.1, 0.15) is 36.2 Å². The first-order valence-corrected chi connectivity index (χ1v) is 11.0. The van der Waals surface area contributed by atoms with Gasteiger partial charge >= 0.3 is 0 Å². The summed E-state index contributed by atoms with van der Waals surface area (Å²) in [6.45, 7) is 5.12. The number of anilines is 1. The second-order valence-electron chi connectivity index (χ2n) is 8.34. The fraction of sp³-hybridized carbons (Fsp3) is 0.360. The van der Waals surface area contributed by atoms with Gasteiger partial charge < -0.3 is 14.2 Å². The lowest BCUT2D eigenvalue weighted by Gasteiger charge is -2.29. The molecule has 2 aromatic carbocycles. The number of aryl methyl sites for hydroxylation is 1. The molecule has 35 heavy (non-hydrogen) atoms. The standard InChI is InChI=1S/C25H29N3O7/c1-14(2)24(31)28(18-13-21(29)27(25(18)32)17-9-7-8-15(3)10-17)26-23(30)16-11-19(33-4)22(35-6)20(12-16)34-5/h7-12,14,18H,13H2,1-6H3,(H,26,30). The average Bonchev–Trinajstić information content (AvgIpc) is 3.13. The smallest absolute Gasteiger partial charge is 0.270 e. The number of carbonyl (C=O) groups is 4. The molecule has 10 nitrogen and oxygen atoms in total. The van der Waals surface area contributed by atoms with E-state index in [1.807, 2.05) is 13.0 Å². The van der Waals surface area contributed by atoms with Gasteiger partial charge in [0.15, 0.2) is 11.5 Å². The molecule has 4 amide bonds. The predicted molar refractivity (Wildman–Crippen MR) is 127 cm³/mol. The number of rotatable bonds is 7. The summed E-state index contributed by atoms with van der Waals surface area (Å²) in [4.78, 5) is 53.4. The molecule has 3 rings (SSSR count). The summed E-state index contributed by atoms with van der Waals surface area (Å²) < 4.78 is 15.9. The molecule has 1 fully saturated rings. The van der Waals surface area contributed by atoms with Gasteiger partial charge in [-0.25, -0.2) is 9.91 Å². The number of imide groups is 1. The molecule has 0 spiro atoms. The number of hydrogen-bond acceptors (Lipinski definition) is 7. The number of amides is 4. The molecule has 0 bridgehead atoms. The van der Waals surface area contributed by atoms with Crippen molar-refractivity contribution in [2.75, 3.05) is 26.2 Å². The molecule has 1 unspecified atom stereocenters. The summed E-state index contributed by atoms with van der Waals surface area (Å²) >= 11 is 0. The highest BCUT2D eigenvalue weighted by atomic mass is 16.5. The molecule has 1 saturated heterocycles. The molecule has 2 aromatic rings. The molecule has 0 radical (unpaired) electrons. The molecule has 0 saturated carbocycles. The maximum Gasteiger partial charge on any atom is 0.270 e. The van der Waals surface area contributed by atoms with Crippen LogP contribution in [0.5, 0.6) is 17.2 Å². The summed E-state index contributed by atoms with van der Waals surface area (Å²) in [6, 6.07) is 8.60. The summed E-state index contributed by atoms with van der Waals surface area (Å²) in [5, 5.41) is 0.951. The predicted octanol–water partition coefficient (Wildman–Crippen LogP) is 2.48. The van der Waals surface area contributed by atoms with Gasteiger partial charge in [0.25, 0.3) is 11.8 Å². The summed E-state index contributed by atoms with van der Waals surface area (Å²) in [6.07, 6.45) is -0.263. The van der Waals surface area contributed by atoms with E-state index in [1.165, 1.54) is 33.5 Å². The molecule has 1 atom stereocenters. The van der Waals surface area contributed by atoms with Crippen LogP contribution in [0.25, 0.3) is 0 Å². The van der Waals surface area contributed by atoms with Crippen LogP contribution in [-0.2, 0) is 14.4 Å². The van der Waals surface area contributed by atoms with Gasteiger partial charge in [-0.1, -0.05) is 26.0 Å². The molecule has 0 aromatic heterocycles. The van der Waals surface area contributed by atoms with Crippen molar-refractivity contribution in [3.8, 4) is 17.2 Å². The van der Waals surface area contributed by atoms with Crippen LogP contribution in [0.2, 0.25) is 0 Å². The minimum atomic E-state index is -1.19. The number of hydrogen-bond donors (Lipinski definition) is 1. The van der Waals surface area contributed by atoms with Crippen LogP contribution in [-0.4, -0.2) is 56.0 Å². The zero-order valence-electron chi connectivity index (χ0n) is 20.6. The van der Waals surface area contributed by atoms with Crippen LogP contribution in [0.4, 0.5) is 5.69 Å². The molecule has 0 aliphatic carbocycles. The Morgan fingerprint density at radius 2 is 1.66 bits per heavy atom.